The summed E-state index contributed by atoms with van der Waals surface area (Å²) >= 11 is 0. The molecule has 0 atom stereocenters. The van der Waals surface area contributed by atoms with Crippen LogP contribution in [0.2, 0.25) is 0 Å². The first-order chi connectivity index (χ1) is 15.1. The van der Waals surface area contributed by atoms with Crippen molar-refractivity contribution in [3.05, 3.63) is 59.8 Å². The summed E-state index contributed by atoms with van der Waals surface area (Å²) in [6, 6.07) is 13.0. The molecule has 2 heterocycles. The molecule has 0 radical (unpaired) electrons. The second-order valence-electron chi connectivity index (χ2n) is 6.76. The second kappa shape index (κ2) is 9.08. The molecule has 0 aliphatic heterocycles. The maximum Gasteiger partial charge on any atom is 0.488 e. The Hall–Kier alpha value is -3.54. The van der Waals surface area contributed by atoms with Crippen LogP contribution in [0.1, 0.15) is 11.1 Å². The van der Waals surface area contributed by atoms with Crippen molar-refractivity contribution < 1.29 is 19.5 Å². The number of para-hydroxylation sites is 1. The molecule has 0 unspecified atom stereocenters. The summed E-state index contributed by atoms with van der Waals surface area (Å²) in [7, 11) is 1.69. The van der Waals surface area contributed by atoms with Crippen LogP contribution in [-0.4, -0.2) is 56.1 Å². The highest BCUT2D eigenvalue weighted by molar-refractivity contribution is 6.58. The molecular formula is C20H21BN6O4. The third-order valence-corrected chi connectivity index (χ3v) is 4.72. The van der Waals surface area contributed by atoms with Gasteiger partial charge in [0.05, 0.1) is 30.9 Å². The lowest BCUT2D eigenvalue weighted by molar-refractivity contribution is 0.186. The number of nitrogens with zero attached hydrogens (tertiary/aromatic N) is 5. The van der Waals surface area contributed by atoms with Crippen molar-refractivity contribution >= 4 is 29.4 Å². The lowest BCUT2D eigenvalue weighted by Gasteiger charge is -2.09. The van der Waals surface area contributed by atoms with Crippen molar-refractivity contribution in [2.45, 2.75) is 13.2 Å². The lowest BCUT2D eigenvalue weighted by atomic mass is 9.80. The fraction of sp³-hybridized carbons (Fsp3) is 0.200. The van der Waals surface area contributed by atoms with E-state index in [9.17, 15) is 10.0 Å². The average molecular weight is 420 g/mol. The van der Waals surface area contributed by atoms with Crippen molar-refractivity contribution in [2.75, 3.05) is 19.5 Å². The van der Waals surface area contributed by atoms with Crippen LogP contribution >= 0.6 is 0 Å². The average Bonchev–Trinajstić information content (AvgIpc) is 3.18. The van der Waals surface area contributed by atoms with Gasteiger partial charge in [-0.3, -0.25) is 0 Å². The largest absolute Gasteiger partial charge is 0.488 e. The van der Waals surface area contributed by atoms with Crippen molar-refractivity contribution in [2.24, 2.45) is 0 Å². The normalized spacial score (nSPS) is 11.0. The third kappa shape index (κ3) is 4.33. The maximum atomic E-state index is 9.20. The van der Waals surface area contributed by atoms with E-state index in [2.05, 4.69) is 25.5 Å². The molecule has 2 aromatic carbocycles. The predicted octanol–water partition coefficient (Wildman–Crippen LogP) is 0.657. The molecule has 158 valence electrons. The Morgan fingerprint density at radius 3 is 2.58 bits per heavy atom. The van der Waals surface area contributed by atoms with E-state index >= 15 is 0 Å². The zero-order valence-corrected chi connectivity index (χ0v) is 17.1. The van der Waals surface area contributed by atoms with Crippen molar-refractivity contribution in [1.29, 1.82) is 0 Å². The first-order valence-electron chi connectivity index (χ1n) is 9.53. The smallest absolute Gasteiger partial charge is 0.468 e. The Kier molecular flexibility index (Phi) is 6.07. The first kappa shape index (κ1) is 20.7. The predicted molar refractivity (Wildman–Crippen MR) is 115 cm³/mol. The van der Waals surface area contributed by atoms with Gasteiger partial charge < -0.3 is 24.8 Å². The number of nitrogens with one attached hydrogen (secondary N) is 1. The van der Waals surface area contributed by atoms with Gasteiger partial charge in [-0.1, -0.05) is 36.4 Å². The van der Waals surface area contributed by atoms with E-state index in [1.807, 2.05) is 18.2 Å². The zero-order valence-electron chi connectivity index (χ0n) is 17.1. The first-order valence-corrected chi connectivity index (χ1v) is 9.53. The van der Waals surface area contributed by atoms with E-state index in [-0.39, 0.29) is 0 Å². The van der Waals surface area contributed by atoms with Crippen LogP contribution in [0.15, 0.2) is 48.7 Å². The van der Waals surface area contributed by atoms with Crippen LogP contribution in [0.25, 0.3) is 17.0 Å². The lowest BCUT2D eigenvalue weighted by Crippen LogP contribution is -2.29. The Labute approximate surface area is 178 Å². The van der Waals surface area contributed by atoms with Gasteiger partial charge in [-0.05, 0) is 17.1 Å². The summed E-state index contributed by atoms with van der Waals surface area (Å²) in [4.78, 5) is 9.12. The van der Waals surface area contributed by atoms with E-state index < -0.39 is 7.12 Å². The van der Waals surface area contributed by atoms with E-state index in [0.29, 0.717) is 36.4 Å². The summed E-state index contributed by atoms with van der Waals surface area (Å²) in [6.07, 6.45) is 1.53. The fourth-order valence-electron chi connectivity index (χ4n) is 3.21. The number of hydrogen-bond acceptors (Lipinski definition) is 9. The molecule has 3 N–H and O–H groups in total. The molecule has 4 aromatic rings. The van der Waals surface area contributed by atoms with E-state index in [1.165, 1.54) is 13.3 Å². The van der Waals surface area contributed by atoms with Gasteiger partial charge in [0.1, 0.15) is 0 Å². The van der Waals surface area contributed by atoms with Gasteiger partial charge in [-0.25, -0.2) is 4.57 Å². The van der Waals surface area contributed by atoms with Crippen LogP contribution in [0.5, 0.6) is 6.01 Å². The Bertz CT molecular complexity index is 1180. The summed E-state index contributed by atoms with van der Waals surface area (Å²) in [5.41, 5.74) is 3.83. The second-order valence-corrected chi connectivity index (χ2v) is 6.76. The molecule has 10 nitrogen and oxygen atoms in total. The minimum atomic E-state index is -1.49. The molecule has 0 aliphatic rings. The Balaban J connectivity index is 1.62. The van der Waals surface area contributed by atoms with Crippen LogP contribution in [-0.2, 0) is 17.9 Å². The molecule has 0 bridgehead atoms. The maximum absolute atomic E-state index is 9.20. The minimum Gasteiger partial charge on any atom is -0.468 e. The minimum absolute atomic E-state index is 0.317. The Morgan fingerprint density at radius 2 is 1.87 bits per heavy atom. The summed E-state index contributed by atoms with van der Waals surface area (Å²) in [6.45, 7) is 0.893. The molecule has 0 fully saturated rings. The molecule has 4 rings (SSSR count). The highest BCUT2D eigenvalue weighted by Gasteiger charge is 2.18. The van der Waals surface area contributed by atoms with Gasteiger partial charge in [0.25, 0.3) is 5.95 Å². The number of imidazole rings is 1. The molecule has 0 aliphatic carbocycles. The van der Waals surface area contributed by atoms with E-state index in [1.54, 1.807) is 35.9 Å². The number of hydrogen-bond donors (Lipinski definition) is 3. The quantitative estimate of drug-likeness (QED) is 0.352. The van der Waals surface area contributed by atoms with Gasteiger partial charge in [0.2, 0.25) is 0 Å². The topological polar surface area (TPSA) is 127 Å². The number of aromatic nitrogens is 5. The number of benzene rings is 2. The van der Waals surface area contributed by atoms with Crippen molar-refractivity contribution in [3.8, 4) is 12.0 Å². The molecule has 2 aromatic heterocycles. The molecule has 0 saturated heterocycles. The summed E-state index contributed by atoms with van der Waals surface area (Å²) < 4.78 is 12.4. The van der Waals surface area contributed by atoms with Crippen LogP contribution in [0.4, 0.5) is 5.82 Å². The highest BCUT2D eigenvalue weighted by Crippen LogP contribution is 2.27. The van der Waals surface area contributed by atoms with Crippen LogP contribution in [0, 0.1) is 0 Å². The van der Waals surface area contributed by atoms with Crippen molar-refractivity contribution in [3.63, 3.8) is 0 Å². The zero-order chi connectivity index (χ0) is 21.8. The summed E-state index contributed by atoms with van der Waals surface area (Å²) in [5.74, 6) is 0.839. The van der Waals surface area contributed by atoms with Crippen LogP contribution in [0.3, 0.4) is 0 Å². The van der Waals surface area contributed by atoms with Gasteiger partial charge in [0.15, 0.2) is 5.82 Å². The molecule has 0 amide bonds. The number of methoxy groups -OCH3 is 2. The van der Waals surface area contributed by atoms with E-state index in [4.69, 9.17) is 9.47 Å². The molecule has 11 heteroatoms. The molecule has 0 saturated carbocycles. The number of fused-ring (bicyclic) bond motifs is 1. The summed E-state index contributed by atoms with van der Waals surface area (Å²) in [5, 5.41) is 29.8. The van der Waals surface area contributed by atoms with Gasteiger partial charge in [0, 0.05) is 19.2 Å². The monoisotopic (exact) mass is 420 g/mol. The number of ether oxygens (including phenoxy) is 2. The van der Waals surface area contributed by atoms with E-state index in [0.717, 1.165) is 22.2 Å². The molecule has 31 heavy (non-hydrogen) atoms. The fourth-order valence-corrected chi connectivity index (χ4v) is 3.21. The SMILES string of the molecule is COCc1cccc2c1nc(OC)n2-c1nncc(NCc2ccc(B(O)O)cc2)n1. The molecular weight excluding hydrogens is 399 g/mol. The molecule has 0 spiro atoms. The standard InChI is InChI=1S/C20H21BN6O4/c1-30-12-14-4-3-5-16-18(14)25-20(31-2)27(16)19-24-17(11-23-26-19)22-10-13-6-8-15(9-7-13)21(28)29/h3-9,11,28-29H,10,12H2,1-2H3,(H,22,24,26). The van der Waals surface area contributed by atoms with Gasteiger partial charge in [-0.2, -0.15) is 15.1 Å². The third-order valence-electron chi connectivity index (χ3n) is 4.72. The van der Waals surface area contributed by atoms with Gasteiger partial charge >= 0.3 is 13.1 Å². The Morgan fingerprint density at radius 1 is 1.06 bits per heavy atom. The van der Waals surface area contributed by atoms with Crippen LogP contribution < -0.4 is 15.5 Å². The van der Waals surface area contributed by atoms with Gasteiger partial charge in [-0.15, -0.1) is 5.10 Å². The van der Waals surface area contributed by atoms with Crippen molar-refractivity contribution in [1.82, 2.24) is 24.7 Å². The number of rotatable bonds is 8. The number of anilines is 1. The highest BCUT2D eigenvalue weighted by atomic mass is 16.5.